The van der Waals surface area contributed by atoms with E-state index >= 15 is 0 Å². The number of carbonyl (C=O) groups excluding carboxylic acids is 1. The molecule has 0 aliphatic rings. The lowest BCUT2D eigenvalue weighted by Gasteiger charge is -2.06. The molecule has 4 nitrogen and oxygen atoms in total. The predicted octanol–water partition coefficient (Wildman–Crippen LogP) is 5.76. The average Bonchev–Trinajstić information content (AvgIpc) is 3.00. The SMILES string of the molecule is O=C(Nc1ccc(Cl)c(Cl)c1)Nc1ccc(-c2ccncc2)s1. The third-order valence-corrected chi connectivity index (χ3v) is 4.77. The van der Waals surface area contributed by atoms with Gasteiger partial charge in [-0.1, -0.05) is 23.2 Å². The fraction of sp³-hybridized carbons (Fsp3) is 0. The van der Waals surface area contributed by atoms with E-state index < -0.39 is 0 Å². The van der Waals surface area contributed by atoms with E-state index in [-0.39, 0.29) is 6.03 Å². The maximum Gasteiger partial charge on any atom is 0.324 e. The average molecular weight is 364 g/mol. The number of thiophene rings is 1. The number of urea groups is 1. The Bertz CT molecular complexity index is 836. The summed E-state index contributed by atoms with van der Waals surface area (Å²) in [4.78, 5) is 17.1. The van der Waals surface area contributed by atoms with Gasteiger partial charge in [0, 0.05) is 23.0 Å². The van der Waals surface area contributed by atoms with Gasteiger partial charge in [0.1, 0.15) is 0 Å². The summed E-state index contributed by atoms with van der Waals surface area (Å²) in [5, 5.41) is 7.08. The smallest absolute Gasteiger partial charge is 0.308 e. The Morgan fingerprint density at radius 2 is 1.74 bits per heavy atom. The Kier molecular flexibility index (Phi) is 4.81. The third-order valence-electron chi connectivity index (χ3n) is 2.99. The molecular formula is C16H11Cl2N3OS. The minimum atomic E-state index is -0.341. The summed E-state index contributed by atoms with van der Waals surface area (Å²) >= 11 is 13.3. The first kappa shape index (κ1) is 15.8. The second-order valence-electron chi connectivity index (χ2n) is 4.61. The predicted molar refractivity (Wildman–Crippen MR) is 96.7 cm³/mol. The molecule has 1 aromatic carbocycles. The van der Waals surface area contributed by atoms with Gasteiger partial charge in [-0.2, -0.15) is 0 Å². The number of rotatable bonds is 3. The summed E-state index contributed by atoms with van der Waals surface area (Å²) in [5.41, 5.74) is 1.63. The van der Waals surface area contributed by atoms with Crippen LogP contribution in [-0.2, 0) is 0 Å². The van der Waals surface area contributed by atoms with Crippen molar-refractivity contribution in [3.05, 3.63) is 64.9 Å². The van der Waals surface area contributed by atoms with Crippen LogP contribution < -0.4 is 10.6 Å². The molecule has 0 radical (unpaired) electrons. The summed E-state index contributed by atoms with van der Waals surface area (Å²) < 4.78 is 0. The quantitative estimate of drug-likeness (QED) is 0.621. The van der Waals surface area contributed by atoms with Gasteiger partial charge in [0.15, 0.2) is 0 Å². The molecule has 0 unspecified atom stereocenters. The number of hydrogen-bond donors (Lipinski definition) is 2. The molecule has 3 rings (SSSR count). The van der Waals surface area contributed by atoms with Crippen LogP contribution in [0.3, 0.4) is 0 Å². The van der Waals surface area contributed by atoms with E-state index in [9.17, 15) is 4.79 Å². The highest BCUT2D eigenvalue weighted by atomic mass is 35.5. The summed E-state index contributed by atoms with van der Waals surface area (Å²) in [6.07, 6.45) is 3.47. The summed E-state index contributed by atoms with van der Waals surface area (Å²) in [5.74, 6) is 0. The van der Waals surface area contributed by atoms with E-state index in [4.69, 9.17) is 23.2 Å². The molecule has 23 heavy (non-hydrogen) atoms. The lowest BCUT2D eigenvalue weighted by atomic mass is 10.2. The molecule has 0 saturated heterocycles. The van der Waals surface area contributed by atoms with Gasteiger partial charge in [-0.3, -0.25) is 10.3 Å². The van der Waals surface area contributed by atoms with E-state index in [2.05, 4.69) is 15.6 Å². The maximum atomic E-state index is 12.0. The highest BCUT2D eigenvalue weighted by Crippen LogP contribution is 2.31. The molecule has 0 aliphatic carbocycles. The number of amides is 2. The zero-order valence-electron chi connectivity index (χ0n) is 11.7. The lowest BCUT2D eigenvalue weighted by Crippen LogP contribution is -2.18. The van der Waals surface area contributed by atoms with Crippen LogP contribution >= 0.6 is 34.5 Å². The Balaban J connectivity index is 1.66. The van der Waals surface area contributed by atoms with Gasteiger partial charge in [-0.05, 0) is 48.0 Å². The molecule has 0 aliphatic heterocycles. The first-order valence-corrected chi connectivity index (χ1v) is 8.22. The number of hydrogen-bond acceptors (Lipinski definition) is 3. The molecule has 0 fully saturated rings. The first-order chi connectivity index (χ1) is 11.1. The number of pyridine rings is 1. The van der Waals surface area contributed by atoms with Crippen LogP contribution in [0.15, 0.2) is 54.9 Å². The Hall–Kier alpha value is -2.08. The maximum absolute atomic E-state index is 12.0. The minimum Gasteiger partial charge on any atom is -0.308 e. The van der Waals surface area contributed by atoms with Crippen LogP contribution in [0.2, 0.25) is 10.0 Å². The van der Waals surface area contributed by atoms with Crippen LogP contribution in [0.5, 0.6) is 0 Å². The molecule has 3 aromatic rings. The number of anilines is 2. The highest BCUT2D eigenvalue weighted by Gasteiger charge is 2.07. The molecule has 0 bridgehead atoms. The molecule has 2 heterocycles. The Morgan fingerprint density at radius 1 is 0.957 bits per heavy atom. The van der Waals surface area contributed by atoms with Crippen molar-refractivity contribution in [3.8, 4) is 10.4 Å². The molecule has 0 spiro atoms. The second kappa shape index (κ2) is 7.00. The van der Waals surface area contributed by atoms with Crippen molar-refractivity contribution in [2.45, 2.75) is 0 Å². The van der Waals surface area contributed by atoms with Gasteiger partial charge < -0.3 is 5.32 Å². The number of halogens is 2. The molecule has 0 saturated carbocycles. The number of nitrogens with one attached hydrogen (secondary N) is 2. The van der Waals surface area contributed by atoms with Crippen molar-refractivity contribution >= 4 is 51.3 Å². The Labute approximate surface area is 147 Å². The highest BCUT2D eigenvalue weighted by molar-refractivity contribution is 7.19. The van der Waals surface area contributed by atoms with Crippen molar-refractivity contribution in [3.63, 3.8) is 0 Å². The van der Waals surface area contributed by atoms with Crippen molar-refractivity contribution in [1.82, 2.24) is 4.98 Å². The van der Waals surface area contributed by atoms with Crippen LogP contribution in [0, 0.1) is 0 Å². The largest absolute Gasteiger partial charge is 0.324 e. The van der Waals surface area contributed by atoms with Crippen molar-refractivity contribution in [1.29, 1.82) is 0 Å². The summed E-state index contributed by atoms with van der Waals surface area (Å²) in [6, 6.07) is 12.2. The van der Waals surface area contributed by atoms with Crippen LogP contribution in [0.25, 0.3) is 10.4 Å². The monoisotopic (exact) mass is 363 g/mol. The molecule has 0 atom stereocenters. The fourth-order valence-electron chi connectivity index (χ4n) is 1.92. The summed E-state index contributed by atoms with van der Waals surface area (Å²) in [7, 11) is 0. The molecule has 116 valence electrons. The minimum absolute atomic E-state index is 0.341. The van der Waals surface area contributed by atoms with Gasteiger partial charge in [0.2, 0.25) is 0 Å². The zero-order chi connectivity index (χ0) is 16.2. The van der Waals surface area contributed by atoms with Gasteiger partial charge >= 0.3 is 6.03 Å². The first-order valence-electron chi connectivity index (χ1n) is 6.65. The fourth-order valence-corrected chi connectivity index (χ4v) is 3.13. The summed E-state index contributed by atoms with van der Waals surface area (Å²) in [6.45, 7) is 0. The van der Waals surface area contributed by atoms with Crippen molar-refractivity contribution < 1.29 is 4.79 Å². The molecule has 2 N–H and O–H groups in total. The van der Waals surface area contributed by atoms with Gasteiger partial charge in [-0.25, -0.2) is 4.79 Å². The van der Waals surface area contributed by atoms with Crippen molar-refractivity contribution in [2.75, 3.05) is 10.6 Å². The third kappa shape index (κ3) is 4.01. The number of benzene rings is 1. The van der Waals surface area contributed by atoms with Crippen LogP contribution in [0.4, 0.5) is 15.5 Å². The number of carbonyl (C=O) groups is 1. The van der Waals surface area contributed by atoms with E-state index in [1.54, 1.807) is 30.6 Å². The molecule has 2 amide bonds. The normalized spacial score (nSPS) is 10.3. The second-order valence-corrected chi connectivity index (χ2v) is 6.51. The number of nitrogens with zero attached hydrogens (tertiary/aromatic N) is 1. The van der Waals surface area contributed by atoms with Gasteiger partial charge in [0.25, 0.3) is 0 Å². The van der Waals surface area contributed by atoms with Crippen LogP contribution in [-0.4, -0.2) is 11.0 Å². The van der Waals surface area contributed by atoms with Gasteiger partial charge in [-0.15, -0.1) is 11.3 Å². The van der Waals surface area contributed by atoms with E-state index in [0.717, 1.165) is 15.4 Å². The van der Waals surface area contributed by atoms with Crippen molar-refractivity contribution in [2.24, 2.45) is 0 Å². The standard InChI is InChI=1S/C16H11Cl2N3OS/c17-12-2-1-11(9-13(12)18)20-16(22)21-15-4-3-14(23-15)10-5-7-19-8-6-10/h1-9H,(H2,20,21,22). The molecule has 7 heteroatoms. The van der Waals surface area contributed by atoms with E-state index in [0.29, 0.717) is 15.7 Å². The lowest BCUT2D eigenvalue weighted by molar-refractivity contribution is 0.262. The topological polar surface area (TPSA) is 54.0 Å². The molecular weight excluding hydrogens is 353 g/mol. The molecule has 2 aromatic heterocycles. The Morgan fingerprint density at radius 3 is 2.48 bits per heavy atom. The van der Waals surface area contributed by atoms with Crippen LogP contribution in [0.1, 0.15) is 0 Å². The van der Waals surface area contributed by atoms with E-state index in [1.165, 1.54) is 11.3 Å². The van der Waals surface area contributed by atoms with E-state index in [1.807, 2.05) is 24.3 Å². The zero-order valence-corrected chi connectivity index (χ0v) is 14.0. The van der Waals surface area contributed by atoms with Gasteiger partial charge in [0.05, 0.1) is 15.0 Å². The number of aromatic nitrogens is 1.